The molecule has 0 spiro atoms. The van der Waals surface area contributed by atoms with E-state index < -0.39 is 4.75 Å². The molecule has 0 saturated heterocycles. The number of unbranched alkanes of at least 4 members (excludes halogenated alkanes) is 1. The Hall–Kier alpha value is -0.550. The minimum absolute atomic E-state index is 0.197. The normalized spacial score (nSPS) is 14.3. The average Bonchev–Trinajstić information content (AvgIpc) is 2.37. The molecule has 106 valence electrons. The fourth-order valence-electron chi connectivity index (χ4n) is 1.66. The third-order valence-electron chi connectivity index (χ3n) is 3.09. The van der Waals surface area contributed by atoms with E-state index in [0.717, 1.165) is 24.9 Å². The number of esters is 1. The Bertz CT molecular complexity index is 259. The van der Waals surface area contributed by atoms with Gasteiger partial charge in [-0.15, -0.1) is 11.8 Å². The van der Waals surface area contributed by atoms with E-state index in [1.54, 1.807) is 11.8 Å². The van der Waals surface area contributed by atoms with Crippen molar-refractivity contribution >= 4 is 24.0 Å². The molecule has 1 unspecified atom stereocenters. The fourth-order valence-corrected chi connectivity index (χ4v) is 3.04. The molecule has 5 heteroatoms. The van der Waals surface area contributed by atoms with Gasteiger partial charge < -0.3 is 15.3 Å². The van der Waals surface area contributed by atoms with Crippen LogP contribution in [0.1, 0.15) is 39.5 Å². The minimum atomic E-state index is -0.483. The van der Waals surface area contributed by atoms with Crippen molar-refractivity contribution in [1.29, 1.82) is 0 Å². The maximum absolute atomic E-state index is 11.4. The molecule has 1 atom stereocenters. The monoisotopic (exact) mass is 275 g/mol. The van der Waals surface area contributed by atoms with Crippen molar-refractivity contribution in [3.63, 3.8) is 0 Å². The van der Waals surface area contributed by atoms with E-state index in [1.165, 1.54) is 7.11 Å². The summed E-state index contributed by atoms with van der Waals surface area (Å²) >= 11 is 1.64. The van der Waals surface area contributed by atoms with E-state index in [-0.39, 0.29) is 18.3 Å². The zero-order valence-electron chi connectivity index (χ0n) is 11.6. The largest absolute Gasteiger partial charge is 0.469 e. The molecule has 0 heterocycles. The van der Waals surface area contributed by atoms with E-state index >= 15 is 0 Å². The average molecular weight is 275 g/mol. The van der Waals surface area contributed by atoms with Crippen LogP contribution in [0, 0.1) is 5.92 Å². The summed E-state index contributed by atoms with van der Waals surface area (Å²) < 4.78 is 4.15. The maximum atomic E-state index is 11.4. The second kappa shape index (κ2) is 9.39. The molecule has 0 aliphatic carbocycles. The van der Waals surface area contributed by atoms with Gasteiger partial charge in [-0.25, -0.2) is 0 Å². The van der Waals surface area contributed by atoms with E-state index in [4.69, 9.17) is 5.73 Å². The molecule has 4 nitrogen and oxygen atoms in total. The second-order valence-corrected chi connectivity index (χ2v) is 6.10. The summed E-state index contributed by atoms with van der Waals surface area (Å²) in [6.45, 7) is 4.71. The lowest BCUT2D eigenvalue weighted by atomic mass is 9.91. The highest BCUT2D eigenvalue weighted by Crippen LogP contribution is 2.36. The van der Waals surface area contributed by atoms with Gasteiger partial charge in [0.25, 0.3) is 0 Å². The summed E-state index contributed by atoms with van der Waals surface area (Å²) in [7, 11) is 1.37. The smallest absolute Gasteiger partial charge is 0.305 e. The Morgan fingerprint density at radius 3 is 2.56 bits per heavy atom. The third-order valence-corrected chi connectivity index (χ3v) is 4.90. The Labute approximate surface area is 114 Å². The molecule has 0 fully saturated rings. The zero-order valence-corrected chi connectivity index (χ0v) is 12.4. The summed E-state index contributed by atoms with van der Waals surface area (Å²) in [5, 5.41) is 0. The number of ether oxygens (including phenoxy) is 1. The maximum Gasteiger partial charge on any atom is 0.305 e. The molecule has 2 N–H and O–H groups in total. The van der Waals surface area contributed by atoms with Crippen LogP contribution in [0.25, 0.3) is 0 Å². The lowest BCUT2D eigenvalue weighted by molar-refractivity contribution is -0.140. The molecular formula is C13H25NO3S. The number of hydrogen-bond donors (Lipinski definition) is 1. The number of methoxy groups -OCH3 is 1. The second-order valence-electron chi connectivity index (χ2n) is 4.65. The highest BCUT2D eigenvalue weighted by molar-refractivity contribution is 8.01. The number of rotatable bonds is 10. The molecule has 0 saturated carbocycles. The van der Waals surface area contributed by atoms with Gasteiger partial charge in [0.05, 0.1) is 11.9 Å². The Kier molecular flexibility index (Phi) is 9.10. The van der Waals surface area contributed by atoms with Gasteiger partial charge in [-0.2, -0.15) is 0 Å². The van der Waals surface area contributed by atoms with Crippen LogP contribution in [0.3, 0.4) is 0 Å². The SMILES string of the molecule is COC(=O)CCC(C=O)(SCCCCN)C(C)C. The van der Waals surface area contributed by atoms with Crippen LogP contribution >= 0.6 is 11.8 Å². The van der Waals surface area contributed by atoms with Crippen molar-refractivity contribution in [2.24, 2.45) is 11.7 Å². The topological polar surface area (TPSA) is 69.4 Å². The van der Waals surface area contributed by atoms with Crippen LogP contribution in [-0.4, -0.2) is 36.4 Å². The van der Waals surface area contributed by atoms with Gasteiger partial charge in [0.2, 0.25) is 0 Å². The number of aldehydes is 1. The molecule has 0 amide bonds. The molecular weight excluding hydrogens is 250 g/mol. The number of hydrogen-bond acceptors (Lipinski definition) is 5. The Morgan fingerprint density at radius 1 is 1.44 bits per heavy atom. The number of carbonyl (C=O) groups is 2. The van der Waals surface area contributed by atoms with Crippen molar-refractivity contribution < 1.29 is 14.3 Å². The third kappa shape index (κ3) is 5.87. The summed E-state index contributed by atoms with van der Waals surface area (Å²) in [4.78, 5) is 22.6. The summed E-state index contributed by atoms with van der Waals surface area (Å²) in [6.07, 6.45) is 3.79. The molecule has 18 heavy (non-hydrogen) atoms. The first-order valence-corrected chi connectivity index (χ1v) is 7.38. The van der Waals surface area contributed by atoms with Crippen molar-refractivity contribution in [3.05, 3.63) is 0 Å². The van der Waals surface area contributed by atoms with E-state index in [1.807, 2.05) is 13.8 Å². The summed E-state index contributed by atoms with van der Waals surface area (Å²) in [6, 6.07) is 0. The van der Waals surface area contributed by atoms with E-state index in [0.29, 0.717) is 13.0 Å². The van der Waals surface area contributed by atoms with Gasteiger partial charge in [0.15, 0.2) is 0 Å². The Morgan fingerprint density at radius 2 is 2.11 bits per heavy atom. The van der Waals surface area contributed by atoms with Crippen LogP contribution < -0.4 is 5.73 Å². The van der Waals surface area contributed by atoms with Gasteiger partial charge in [-0.05, 0) is 37.5 Å². The lowest BCUT2D eigenvalue weighted by Crippen LogP contribution is -2.34. The van der Waals surface area contributed by atoms with Crippen molar-refractivity contribution in [3.8, 4) is 0 Å². The van der Waals surface area contributed by atoms with E-state index in [2.05, 4.69) is 4.74 Å². The Balaban J connectivity index is 4.41. The predicted molar refractivity (Wildman–Crippen MR) is 75.6 cm³/mol. The first-order chi connectivity index (χ1) is 8.52. The van der Waals surface area contributed by atoms with Crippen LogP contribution in [0.15, 0.2) is 0 Å². The number of thioether (sulfide) groups is 1. The molecule has 0 aromatic rings. The summed E-state index contributed by atoms with van der Waals surface area (Å²) in [5.74, 6) is 0.835. The van der Waals surface area contributed by atoms with Crippen LogP contribution in [0.2, 0.25) is 0 Å². The van der Waals surface area contributed by atoms with Crippen molar-refractivity contribution in [1.82, 2.24) is 0 Å². The number of nitrogens with two attached hydrogens (primary N) is 1. The van der Waals surface area contributed by atoms with Crippen molar-refractivity contribution in [2.45, 2.75) is 44.3 Å². The van der Waals surface area contributed by atoms with Gasteiger partial charge >= 0.3 is 5.97 Å². The first kappa shape index (κ1) is 17.4. The van der Waals surface area contributed by atoms with Gasteiger partial charge in [-0.1, -0.05) is 13.8 Å². The van der Waals surface area contributed by atoms with Gasteiger partial charge in [0.1, 0.15) is 6.29 Å². The standard InChI is InChI=1S/C13H25NO3S/c1-11(2)13(10-15,7-6-12(16)17-3)18-9-5-4-8-14/h10-11H,4-9,14H2,1-3H3. The van der Waals surface area contributed by atoms with Crippen molar-refractivity contribution in [2.75, 3.05) is 19.4 Å². The van der Waals surface area contributed by atoms with Crippen LogP contribution in [0.5, 0.6) is 0 Å². The molecule has 0 aliphatic heterocycles. The van der Waals surface area contributed by atoms with Gasteiger partial charge in [0, 0.05) is 6.42 Å². The molecule has 0 bridgehead atoms. The zero-order chi connectivity index (χ0) is 14.0. The molecule has 0 aliphatic rings. The number of carbonyl (C=O) groups excluding carboxylic acids is 2. The van der Waals surface area contributed by atoms with E-state index in [9.17, 15) is 9.59 Å². The first-order valence-electron chi connectivity index (χ1n) is 6.39. The highest BCUT2D eigenvalue weighted by Gasteiger charge is 2.34. The molecule has 0 aromatic heterocycles. The predicted octanol–water partition coefficient (Wildman–Crippen LogP) is 2.01. The highest BCUT2D eigenvalue weighted by atomic mass is 32.2. The molecule has 0 rings (SSSR count). The fraction of sp³-hybridized carbons (Fsp3) is 0.846. The van der Waals surface area contributed by atoms with Crippen LogP contribution in [-0.2, 0) is 14.3 Å². The molecule has 0 aromatic carbocycles. The summed E-state index contributed by atoms with van der Waals surface area (Å²) in [5.41, 5.74) is 5.45. The lowest BCUT2D eigenvalue weighted by Gasteiger charge is -2.31. The van der Waals surface area contributed by atoms with Crippen LogP contribution in [0.4, 0.5) is 0 Å². The molecule has 0 radical (unpaired) electrons. The quantitative estimate of drug-likeness (QED) is 0.375. The minimum Gasteiger partial charge on any atom is -0.469 e. The van der Waals surface area contributed by atoms with Gasteiger partial charge in [-0.3, -0.25) is 4.79 Å².